The lowest BCUT2D eigenvalue weighted by Crippen LogP contribution is -2.49. The summed E-state index contributed by atoms with van der Waals surface area (Å²) in [5.74, 6) is 1.64. The fourth-order valence-electron chi connectivity index (χ4n) is 4.04. The SMILES string of the molecule is Cc1cccc(C)c1NC(=O)CN1CCN(c2nc(-c3ccccn3)nc(C)c2C)CC1. The molecule has 1 saturated heterocycles. The predicted molar refractivity (Wildman–Crippen MR) is 128 cm³/mol. The van der Waals surface area contributed by atoms with Crippen molar-refractivity contribution in [3.05, 3.63) is 65.0 Å². The minimum absolute atomic E-state index is 0.0300. The van der Waals surface area contributed by atoms with Crippen LogP contribution in [-0.4, -0.2) is 58.5 Å². The zero-order valence-corrected chi connectivity index (χ0v) is 19.2. The van der Waals surface area contributed by atoms with E-state index in [0.717, 1.165) is 65.8 Å². The average molecular weight is 431 g/mol. The van der Waals surface area contributed by atoms with Crippen molar-refractivity contribution in [2.45, 2.75) is 27.7 Å². The van der Waals surface area contributed by atoms with Gasteiger partial charge >= 0.3 is 0 Å². The number of nitrogens with zero attached hydrogens (tertiary/aromatic N) is 5. The number of para-hydroxylation sites is 1. The maximum atomic E-state index is 12.6. The van der Waals surface area contributed by atoms with E-state index in [-0.39, 0.29) is 5.91 Å². The summed E-state index contributed by atoms with van der Waals surface area (Å²) in [6, 6.07) is 11.8. The zero-order valence-electron chi connectivity index (χ0n) is 19.2. The van der Waals surface area contributed by atoms with Crippen LogP contribution in [0.5, 0.6) is 0 Å². The number of aromatic nitrogens is 3. The molecule has 1 aliphatic heterocycles. The first-order valence-electron chi connectivity index (χ1n) is 11.0. The number of anilines is 2. The van der Waals surface area contributed by atoms with Gasteiger partial charge in [-0.1, -0.05) is 24.3 Å². The Morgan fingerprint density at radius 2 is 1.66 bits per heavy atom. The fraction of sp³-hybridized carbons (Fsp3) is 0.360. The van der Waals surface area contributed by atoms with Crippen LogP contribution < -0.4 is 10.2 Å². The number of nitrogens with one attached hydrogen (secondary N) is 1. The molecule has 1 N–H and O–H groups in total. The van der Waals surface area contributed by atoms with Crippen LogP contribution in [0.25, 0.3) is 11.5 Å². The molecule has 0 atom stereocenters. The lowest BCUT2D eigenvalue weighted by Gasteiger charge is -2.36. The normalized spacial score (nSPS) is 14.4. The summed E-state index contributed by atoms with van der Waals surface area (Å²) in [7, 11) is 0. The predicted octanol–water partition coefficient (Wildman–Crippen LogP) is 3.53. The summed E-state index contributed by atoms with van der Waals surface area (Å²) >= 11 is 0. The van der Waals surface area contributed by atoms with Crippen molar-refractivity contribution in [3.8, 4) is 11.5 Å². The van der Waals surface area contributed by atoms with E-state index in [2.05, 4.69) is 32.0 Å². The molecule has 0 spiro atoms. The summed E-state index contributed by atoms with van der Waals surface area (Å²) in [5, 5.41) is 3.09. The number of rotatable bonds is 5. The van der Waals surface area contributed by atoms with Crippen molar-refractivity contribution < 1.29 is 4.79 Å². The lowest BCUT2D eigenvalue weighted by atomic mass is 10.1. The van der Waals surface area contributed by atoms with Crippen LogP contribution >= 0.6 is 0 Å². The molecule has 0 aliphatic carbocycles. The Bertz CT molecular complexity index is 1090. The quantitative estimate of drug-likeness (QED) is 0.668. The molecule has 0 bridgehead atoms. The molecule has 0 saturated carbocycles. The third-order valence-corrected chi connectivity index (χ3v) is 6.04. The highest BCUT2D eigenvalue weighted by atomic mass is 16.2. The van der Waals surface area contributed by atoms with Gasteiger partial charge in [0.1, 0.15) is 11.5 Å². The first-order chi connectivity index (χ1) is 15.4. The van der Waals surface area contributed by atoms with Crippen molar-refractivity contribution in [1.82, 2.24) is 19.9 Å². The van der Waals surface area contributed by atoms with Gasteiger partial charge in [-0.3, -0.25) is 14.7 Å². The smallest absolute Gasteiger partial charge is 0.238 e. The summed E-state index contributed by atoms with van der Waals surface area (Å²) in [5.41, 5.74) is 5.92. The van der Waals surface area contributed by atoms with Crippen molar-refractivity contribution in [1.29, 1.82) is 0 Å². The highest BCUT2D eigenvalue weighted by Crippen LogP contribution is 2.25. The van der Waals surface area contributed by atoms with E-state index >= 15 is 0 Å². The Hall–Kier alpha value is -3.32. The van der Waals surface area contributed by atoms with Crippen molar-refractivity contribution >= 4 is 17.4 Å². The summed E-state index contributed by atoms with van der Waals surface area (Å²) in [4.78, 5) is 31.0. The van der Waals surface area contributed by atoms with E-state index < -0.39 is 0 Å². The second kappa shape index (κ2) is 9.44. The Morgan fingerprint density at radius 3 is 2.31 bits per heavy atom. The summed E-state index contributed by atoms with van der Waals surface area (Å²) in [6.45, 7) is 11.8. The Morgan fingerprint density at radius 1 is 0.938 bits per heavy atom. The first-order valence-corrected chi connectivity index (χ1v) is 11.0. The number of carbonyl (C=O) groups excluding carboxylic acids is 1. The topological polar surface area (TPSA) is 74.2 Å². The number of hydrogen-bond acceptors (Lipinski definition) is 6. The molecule has 4 rings (SSSR count). The largest absolute Gasteiger partial charge is 0.354 e. The van der Waals surface area contributed by atoms with Gasteiger partial charge < -0.3 is 10.2 Å². The van der Waals surface area contributed by atoms with Gasteiger partial charge in [0.05, 0.1) is 6.54 Å². The van der Waals surface area contributed by atoms with Gasteiger partial charge in [-0.25, -0.2) is 9.97 Å². The molecule has 166 valence electrons. The second-order valence-corrected chi connectivity index (χ2v) is 8.37. The molecule has 0 radical (unpaired) electrons. The first kappa shape index (κ1) is 21.9. The molecule has 0 unspecified atom stereocenters. The molecule has 1 fully saturated rings. The van der Waals surface area contributed by atoms with Crippen molar-refractivity contribution in [2.75, 3.05) is 42.9 Å². The minimum Gasteiger partial charge on any atom is -0.354 e. The van der Waals surface area contributed by atoms with Crippen LogP contribution in [0.3, 0.4) is 0 Å². The van der Waals surface area contributed by atoms with Gasteiger partial charge in [-0.15, -0.1) is 0 Å². The standard InChI is InChI=1S/C25H30N6O/c1-17-8-7-9-18(2)23(17)28-22(32)16-30-12-14-31(15-13-30)25-19(3)20(4)27-24(29-25)21-10-5-6-11-26-21/h5-11H,12-16H2,1-4H3,(H,28,32). The van der Waals surface area contributed by atoms with Crippen molar-refractivity contribution in [3.63, 3.8) is 0 Å². The number of hydrogen-bond donors (Lipinski definition) is 1. The van der Waals surface area contributed by atoms with Gasteiger partial charge in [0.25, 0.3) is 0 Å². The summed E-state index contributed by atoms with van der Waals surface area (Å²) in [6.07, 6.45) is 1.76. The van der Waals surface area contributed by atoms with Crippen LogP contribution in [0.1, 0.15) is 22.4 Å². The maximum absolute atomic E-state index is 12.6. The molecule has 7 heteroatoms. The zero-order chi connectivity index (χ0) is 22.7. The third-order valence-electron chi connectivity index (χ3n) is 6.04. The molecule has 1 amide bonds. The number of piperazine rings is 1. The molecular formula is C25H30N6O. The molecular weight excluding hydrogens is 400 g/mol. The van der Waals surface area contributed by atoms with Crippen molar-refractivity contribution in [2.24, 2.45) is 0 Å². The Balaban J connectivity index is 1.41. The van der Waals surface area contributed by atoms with Crippen LogP contribution in [-0.2, 0) is 4.79 Å². The van der Waals surface area contributed by atoms with E-state index in [0.29, 0.717) is 12.4 Å². The highest BCUT2D eigenvalue weighted by Gasteiger charge is 2.23. The Labute approximate surface area is 189 Å². The highest BCUT2D eigenvalue weighted by molar-refractivity contribution is 5.93. The summed E-state index contributed by atoms with van der Waals surface area (Å²) < 4.78 is 0. The van der Waals surface area contributed by atoms with Crippen LogP contribution in [0.2, 0.25) is 0 Å². The van der Waals surface area contributed by atoms with E-state index in [1.807, 2.05) is 57.2 Å². The van der Waals surface area contributed by atoms with Gasteiger partial charge in [0, 0.05) is 49.3 Å². The monoisotopic (exact) mass is 430 g/mol. The van der Waals surface area contributed by atoms with E-state index in [9.17, 15) is 4.79 Å². The van der Waals surface area contributed by atoms with Gasteiger partial charge in [-0.2, -0.15) is 0 Å². The average Bonchev–Trinajstić information content (AvgIpc) is 2.79. The lowest BCUT2D eigenvalue weighted by molar-refractivity contribution is -0.117. The number of carbonyl (C=O) groups is 1. The van der Waals surface area contributed by atoms with Crippen LogP contribution in [0.4, 0.5) is 11.5 Å². The maximum Gasteiger partial charge on any atom is 0.238 e. The van der Waals surface area contributed by atoms with Crippen LogP contribution in [0, 0.1) is 27.7 Å². The van der Waals surface area contributed by atoms with Gasteiger partial charge in [0.2, 0.25) is 5.91 Å². The molecule has 7 nitrogen and oxygen atoms in total. The number of amides is 1. The van der Waals surface area contributed by atoms with E-state index in [1.165, 1.54) is 0 Å². The van der Waals surface area contributed by atoms with E-state index in [1.54, 1.807) is 6.20 Å². The Kier molecular flexibility index (Phi) is 6.46. The van der Waals surface area contributed by atoms with Crippen LogP contribution in [0.15, 0.2) is 42.6 Å². The second-order valence-electron chi connectivity index (χ2n) is 8.37. The third kappa shape index (κ3) is 4.78. The number of aryl methyl sites for hydroxylation is 3. The molecule has 3 heterocycles. The fourth-order valence-corrected chi connectivity index (χ4v) is 4.04. The molecule has 2 aromatic heterocycles. The van der Waals surface area contributed by atoms with Gasteiger partial charge in [0.15, 0.2) is 5.82 Å². The minimum atomic E-state index is 0.0300. The van der Waals surface area contributed by atoms with E-state index in [4.69, 9.17) is 4.98 Å². The molecule has 1 aliphatic rings. The molecule has 1 aromatic carbocycles. The number of pyridine rings is 1. The molecule has 32 heavy (non-hydrogen) atoms. The van der Waals surface area contributed by atoms with Gasteiger partial charge in [-0.05, 0) is 51.0 Å². The number of benzene rings is 1. The molecule has 3 aromatic rings.